The number of carbonyl (C=O) groups is 4. The van der Waals surface area contributed by atoms with Crippen LogP contribution in [0.1, 0.15) is 42.3 Å². The molecule has 7 heteroatoms. The lowest BCUT2D eigenvalue weighted by atomic mass is 9.67. The summed E-state index contributed by atoms with van der Waals surface area (Å²) in [5, 5.41) is 20.7. The number of allylic oxidation sites excluding steroid dienone is 2. The van der Waals surface area contributed by atoms with Gasteiger partial charge in [-0.3, -0.25) is 19.2 Å². The lowest BCUT2D eigenvalue weighted by Gasteiger charge is -2.30. The molecule has 1 heterocycles. The molecule has 7 nitrogen and oxygen atoms in total. The molecule has 0 aromatic heterocycles. The van der Waals surface area contributed by atoms with E-state index in [0.717, 1.165) is 13.0 Å². The van der Waals surface area contributed by atoms with Crippen LogP contribution in [0, 0.1) is 12.8 Å². The minimum absolute atomic E-state index is 0.0111. The van der Waals surface area contributed by atoms with Crippen molar-refractivity contribution >= 4 is 23.1 Å². The maximum atomic E-state index is 13.0. The van der Waals surface area contributed by atoms with E-state index in [4.69, 9.17) is 4.74 Å². The van der Waals surface area contributed by atoms with Gasteiger partial charge in [-0.05, 0) is 27.7 Å². The molecule has 0 fully saturated rings. The van der Waals surface area contributed by atoms with E-state index in [1.165, 1.54) is 20.8 Å². The summed E-state index contributed by atoms with van der Waals surface area (Å²) in [5.74, 6) is -5.15. The number of ketones is 4. The molecule has 0 radical (unpaired) electrons. The van der Waals surface area contributed by atoms with Crippen LogP contribution < -0.4 is 4.74 Å². The van der Waals surface area contributed by atoms with Crippen molar-refractivity contribution in [2.45, 2.75) is 33.1 Å². The predicted octanol–water partition coefficient (Wildman–Crippen LogP) is 1.50. The Hall–Kier alpha value is -2.96. The highest BCUT2D eigenvalue weighted by Crippen LogP contribution is 2.57. The molecule has 0 amide bonds. The topological polar surface area (TPSA) is 118 Å². The second kappa shape index (κ2) is 5.02. The van der Waals surface area contributed by atoms with Crippen LogP contribution in [0.15, 0.2) is 11.8 Å². The van der Waals surface area contributed by atoms with Crippen LogP contribution in [0.2, 0.25) is 0 Å². The first kappa shape index (κ1) is 16.9. The van der Waals surface area contributed by atoms with Gasteiger partial charge in [-0.2, -0.15) is 0 Å². The lowest BCUT2D eigenvalue weighted by Crippen LogP contribution is -2.47. The highest BCUT2D eigenvalue weighted by molar-refractivity contribution is 6.27. The third kappa shape index (κ3) is 1.92. The molecule has 1 aliphatic carbocycles. The largest absolute Gasteiger partial charge is 0.507 e. The Balaban J connectivity index is 2.41. The first-order chi connectivity index (χ1) is 11.5. The molecule has 1 aromatic carbocycles. The summed E-state index contributed by atoms with van der Waals surface area (Å²) in [6.45, 7) is 5.17. The molecule has 1 aliphatic heterocycles. The molecule has 1 aromatic rings. The van der Waals surface area contributed by atoms with Gasteiger partial charge in [0, 0.05) is 11.6 Å². The molecule has 0 saturated carbocycles. The molecule has 3 rings (SSSR count). The van der Waals surface area contributed by atoms with Gasteiger partial charge in [0.15, 0.2) is 17.3 Å². The number of hydrogen-bond donors (Lipinski definition) is 2. The first-order valence-electron chi connectivity index (χ1n) is 7.62. The molecule has 25 heavy (non-hydrogen) atoms. The number of fused-ring (bicyclic) bond motifs is 3. The van der Waals surface area contributed by atoms with Crippen LogP contribution in [-0.2, 0) is 19.8 Å². The number of ether oxygens (including phenoxy) is 1. The summed E-state index contributed by atoms with van der Waals surface area (Å²) < 4.78 is 5.56. The van der Waals surface area contributed by atoms with Crippen molar-refractivity contribution in [2.75, 3.05) is 0 Å². The van der Waals surface area contributed by atoms with Gasteiger partial charge in [0.25, 0.3) is 0 Å². The molecule has 0 saturated heterocycles. The maximum Gasteiger partial charge on any atom is 0.177 e. The number of phenols is 2. The van der Waals surface area contributed by atoms with E-state index in [0.29, 0.717) is 0 Å². The van der Waals surface area contributed by atoms with Gasteiger partial charge in [-0.1, -0.05) is 0 Å². The Kier molecular flexibility index (Phi) is 3.39. The molecule has 130 valence electrons. The van der Waals surface area contributed by atoms with Gasteiger partial charge in [-0.15, -0.1) is 0 Å². The van der Waals surface area contributed by atoms with Gasteiger partial charge in [0.1, 0.15) is 45.7 Å². The van der Waals surface area contributed by atoms with Crippen molar-refractivity contribution in [2.24, 2.45) is 5.92 Å². The summed E-state index contributed by atoms with van der Waals surface area (Å²) in [6, 6.07) is 0. The van der Waals surface area contributed by atoms with Crippen molar-refractivity contribution in [3.8, 4) is 17.2 Å². The average molecular weight is 344 g/mol. The number of aromatic hydroxyl groups is 2. The Morgan fingerprint density at radius 1 is 1.16 bits per heavy atom. The van der Waals surface area contributed by atoms with Crippen LogP contribution in [0.25, 0.3) is 0 Å². The fourth-order valence-corrected chi connectivity index (χ4v) is 3.49. The van der Waals surface area contributed by atoms with Crippen molar-refractivity contribution in [3.63, 3.8) is 0 Å². The van der Waals surface area contributed by atoms with Gasteiger partial charge in [-0.25, -0.2) is 0 Å². The van der Waals surface area contributed by atoms with E-state index in [2.05, 4.69) is 0 Å². The summed E-state index contributed by atoms with van der Waals surface area (Å²) in [5.41, 5.74) is -1.77. The van der Waals surface area contributed by atoms with Crippen molar-refractivity contribution in [1.29, 1.82) is 0 Å². The Labute approximate surface area is 142 Å². The molecule has 2 atom stereocenters. The zero-order chi connectivity index (χ0) is 18.8. The second-order valence-electron chi connectivity index (χ2n) is 6.50. The predicted molar refractivity (Wildman–Crippen MR) is 84.8 cm³/mol. The first-order valence-corrected chi connectivity index (χ1v) is 7.62. The minimum Gasteiger partial charge on any atom is -0.507 e. The summed E-state index contributed by atoms with van der Waals surface area (Å²) in [7, 11) is 0. The SMILES string of the molecule is CC(=O)c1c(O)c(C)c(O)c2c1OC1=CC(=O)[C@H](C(C)=O)C(=O)C12C. The van der Waals surface area contributed by atoms with E-state index < -0.39 is 46.0 Å². The van der Waals surface area contributed by atoms with Gasteiger partial charge < -0.3 is 14.9 Å². The number of Topliss-reactive ketones (excluding diaryl/α,β-unsaturated/α-hetero) is 3. The molecule has 0 spiro atoms. The van der Waals surface area contributed by atoms with Gasteiger partial charge in [0.2, 0.25) is 0 Å². The smallest absolute Gasteiger partial charge is 0.177 e. The highest BCUT2D eigenvalue weighted by Gasteiger charge is 2.58. The zero-order valence-electron chi connectivity index (χ0n) is 14.1. The van der Waals surface area contributed by atoms with Crippen LogP contribution in [-0.4, -0.2) is 33.3 Å². The van der Waals surface area contributed by atoms with Crippen molar-refractivity contribution < 1.29 is 34.1 Å². The standard InChI is InChI=1S/C18H16O7/c1-6-14(22)12(8(3)20)16-13(15(6)23)18(4)10(25-16)5-9(21)11(7(2)19)17(18)24/h5,11,22-23H,1-4H3/t11-,18?/m0/s1. The van der Waals surface area contributed by atoms with Crippen LogP contribution in [0.3, 0.4) is 0 Å². The average Bonchev–Trinajstić information content (AvgIpc) is 2.78. The summed E-state index contributed by atoms with van der Waals surface area (Å²) >= 11 is 0. The van der Waals surface area contributed by atoms with Crippen LogP contribution >= 0.6 is 0 Å². The molecule has 2 aliphatic rings. The number of phenolic OH excluding ortho intramolecular Hbond substituents is 2. The monoisotopic (exact) mass is 344 g/mol. The van der Waals surface area contributed by atoms with E-state index in [1.54, 1.807) is 0 Å². The molecule has 0 bridgehead atoms. The highest BCUT2D eigenvalue weighted by atomic mass is 16.5. The number of carbonyl (C=O) groups excluding carboxylic acids is 4. The van der Waals surface area contributed by atoms with Gasteiger partial charge >= 0.3 is 0 Å². The Morgan fingerprint density at radius 3 is 2.28 bits per heavy atom. The number of benzene rings is 1. The minimum atomic E-state index is -1.59. The number of rotatable bonds is 2. The Bertz CT molecular complexity index is 922. The van der Waals surface area contributed by atoms with Gasteiger partial charge in [0.05, 0.1) is 5.56 Å². The normalized spacial score (nSPS) is 24.3. The molecule has 1 unspecified atom stereocenters. The summed E-state index contributed by atoms with van der Waals surface area (Å²) in [6.07, 6.45) is 1.04. The third-order valence-electron chi connectivity index (χ3n) is 4.91. The fourth-order valence-electron chi connectivity index (χ4n) is 3.49. The zero-order valence-corrected chi connectivity index (χ0v) is 14.1. The van der Waals surface area contributed by atoms with E-state index >= 15 is 0 Å². The van der Waals surface area contributed by atoms with Crippen molar-refractivity contribution in [3.05, 3.63) is 28.5 Å². The van der Waals surface area contributed by atoms with Crippen LogP contribution in [0.5, 0.6) is 17.2 Å². The Morgan fingerprint density at radius 2 is 1.76 bits per heavy atom. The van der Waals surface area contributed by atoms with E-state index in [-0.39, 0.29) is 28.2 Å². The van der Waals surface area contributed by atoms with E-state index in [1.807, 2.05) is 0 Å². The lowest BCUT2D eigenvalue weighted by molar-refractivity contribution is -0.140. The second-order valence-corrected chi connectivity index (χ2v) is 6.50. The number of hydrogen-bond acceptors (Lipinski definition) is 7. The quantitative estimate of drug-likeness (QED) is 0.616. The maximum absolute atomic E-state index is 13.0. The third-order valence-corrected chi connectivity index (χ3v) is 4.91. The van der Waals surface area contributed by atoms with E-state index in [9.17, 15) is 29.4 Å². The molecule has 2 N–H and O–H groups in total. The molecular formula is C18H16O7. The van der Waals surface area contributed by atoms with Crippen molar-refractivity contribution in [1.82, 2.24) is 0 Å². The van der Waals surface area contributed by atoms with Crippen LogP contribution in [0.4, 0.5) is 0 Å². The fraction of sp³-hybridized carbons (Fsp3) is 0.333. The molecular weight excluding hydrogens is 328 g/mol. The summed E-state index contributed by atoms with van der Waals surface area (Å²) in [4.78, 5) is 48.8.